The first kappa shape index (κ1) is 15.1. The number of carbonyl (C=O) groups excluding carboxylic acids is 2. The average Bonchev–Trinajstić information content (AvgIpc) is 2.31. The van der Waals surface area contributed by atoms with Gasteiger partial charge in [-0.2, -0.15) is 0 Å². The van der Waals surface area contributed by atoms with Crippen LogP contribution in [0.25, 0.3) is 0 Å². The van der Waals surface area contributed by atoms with E-state index in [0.717, 1.165) is 6.07 Å². The van der Waals surface area contributed by atoms with Crippen molar-refractivity contribution >= 4 is 39.5 Å². The first-order valence-electron chi connectivity index (χ1n) is 5.17. The number of benzene rings is 1. The Labute approximate surface area is 116 Å². The van der Waals surface area contributed by atoms with E-state index in [2.05, 4.69) is 21.2 Å². The number of hydrogen-bond acceptors (Lipinski definition) is 3. The fraction of sp³-hybridized carbons (Fsp3) is 0.182. The summed E-state index contributed by atoms with van der Waals surface area (Å²) < 4.78 is 13.7. The molecule has 0 unspecified atom stereocenters. The monoisotopic (exact) mass is 332 g/mol. The lowest BCUT2D eigenvalue weighted by Crippen LogP contribution is -2.34. The number of carboxylic acid groups (broad SMARTS) is 1. The minimum atomic E-state index is -1.15. The summed E-state index contributed by atoms with van der Waals surface area (Å²) in [6.07, 6.45) is -0.719. The van der Waals surface area contributed by atoms with Gasteiger partial charge in [-0.3, -0.25) is 14.9 Å². The summed E-state index contributed by atoms with van der Waals surface area (Å²) in [5.74, 6) is -2.57. The molecule has 0 atom stereocenters. The Hall–Kier alpha value is -1.96. The molecule has 6 nitrogen and oxygen atoms in total. The maximum absolute atomic E-state index is 13.4. The van der Waals surface area contributed by atoms with E-state index in [1.165, 1.54) is 12.1 Å². The molecule has 1 rings (SSSR count). The number of rotatable bonds is 4. The molecule has 3 amide bonds. The molecule has 0 fully saturated rings. The summed E-state index contributed by atoms with van der Waals surface area (Å²) in [5.41, 5.74) is -0.106. The van der Waals surface area contributed by atoms with E-state index in [0.29, 0.717) is 4.47 Å². The second-order valence-corrected chi connectivity index (χ2v) is 4.35. The van der Waals surface area contributed by atoms with E-state index >= 15 is 0 Å². The minimum Gasteiger partial charge on any atom is -0.481 e. The van der Waals surface area contributed by atoms with Crippen molar-refractivity contribution in [1.82, 2.24) is 5.32 Å². The third-order valence-corrected chi connectivity index (χ3v) is 2.68. The van der Waals surface area contributed by atoms with Crippen LogP contribution >= 0.6 is 15.9 Å². The normalized spacial score (nSPS) is 9.79. The van der Waals surface area contributed by atoms with Gasteiger partial charge in [0, 0.05) is 10.9 Å². The van der Waals surface area contributed by atoms with Gasteiger partial charge in [-0.25, -0.2) is 9.18 Å². The highest BCUT2D eigenvalue weighted by Gasteiger charge is 2.13. The standard InChI is InChI=1S/C11H10BrFN2O4/c12-6-2-1-3-7(13)10(6)15-11(19)14-8(16)4-5-9(17)18/h1-3H,4-5H2,(H,17,18)(H2,14,15,16,19). The highest BCUT2D eigenvalue weighted by atomic mass is 79.9. The largest absolute Gasteiger partial charge is 0.481 e. The topological polar surface area (TPSA) is 95.5 Å². The summed E-state index contributed by atoms with van der Waals surface area (Å²) in [4.78, 5) is 32.8. The average molecular weight is 333 g/mol. The Morgan fingerprint density at radius 1 is 1.26 bits per heavy atom. The number of carbonyl (C=O) groups is 3. The van der Waals surface area contributed by atoms with E-state index in [1.54, 1.807) is 0 Å². The van der Waals surface area contributed by atoms with E-state index in [9.17, 15) is 18.8 Å². The van der Waals surface area contributed by atoms with Crippen LogP contribution in [0.3, 0.4) is 0 Å². The Bertz CT molecular complexity index is 501. The van der Waals surface area contributed by atoms with E-state index in [-0.39, 0.29) is 18.5 Å². The van der Waals surface area contributed by atoms with Gasteiger partial charge in [-0.05, 0) is 28.1 Å². The van der Waals surface area contributed by atoms with E-state index < -0.39 is 23.7 Å². The third-order valence-electron chi connectivity index (χ3n) is 2.02. The van der Waals surface area contributed by atoms with Crippen molar-refractivity contribution < 1.29 is 23.9 Å². The van der Waals surface area contributed by atoms with Crippen LogP contribution < -0.4 is 10.6 Å². The van der Waals surface area contributed by atoms with Gasteiger partial charge in [0.25, 0.3) is 0 Å². The number of hydrogen-bond donors (Lipinski definition) is 3. The number of nitrogens with one attached hydrogen (secondary N) is 2. The fourth-order valence-electron chi connectivity index (χ4n) is 1.17. The number of para-hydroxylation sites is 1. The second-order valence-electron chi connectivity index (χ2n) is 3.49. The van der Waals surface area contributed by atoms with Crippen molar-refractivity contribution in [2.75, 3.05) is 5.32 Å². The molecule has 1 aromatic carbocycles. The third kappa shape index (κ3) is 5.04. The molecule has 0 saturated carbocycles. The quantitative estimate of drug-likeness (QED) is 0.786. The first-order chi connectivity index (χ1) is 8.90. The van der Waals surface area contributed by atoms with Gasteiger partial charge in [0.05, 0.1) is 12.1 Å². The molecule has 19 heavy (non-hydrogen) atoms. The zero-order chi connectivity index (χ0) is 14.4. The molecule has 0 aliphatic heterocycles. The van der Waals surface area contributed by atoms with Gasteiger partial charge in [0.2, 0.25) is 5.91 Å². The van der Waals surface area contributed by atoms with Crippen LogP contribution in [0.1, 0.15) is 12.8 Å². The highest BCUT2D eigenvalue weighted by Crippen LogP contribution is 2.24. The second kappa shape index (κ2) is 6.83. The van der Waals surface area contributed by atoms with Crippen LogP contribution in [-0.4, -0.2) is 23.0 Å². The summed E-state index contributed by atoms with van der Waals surface area (Å²) in [5, 5.41) is 12.4. The SMILES string of the molecule is O=C(O)CCC(=O)NC(=O)Nc1c(F)cccc1Br. The molecule has 0 heterocycles. The maximum atomic E-state index is 13.4. The summed E-state index contributed by atoms with van der Waals surface area (Å²) >= 11 is 3.05. The highest BCUT2D eigenvalue weighted by molar-refractivity contribution is 9.10. The van der Waals surface area contributed by atoms with Crippen LogP contribution in [0.5, 0.6) is 0 Å². The molecule has 3 N–H and O–H groups in total. The molecule has 0 aromatic heterocycles. The molecular formula is C11H10BrFN2O4. The van der Waals surface area contributed by atoms with Gasteiger partial charge in [0.15, 0.2) is 0 Å². The van der Waals surface area contributed by atoms with Gasteiger partial charge < -0.3 is 10.4 Å². The molecular weight excluding hydrogens is 323 g/mol. The van der Waals surface area contributed by atoms with Crippen molar-refractivity contribution in [3.05, 3.63) is 28.5 Å². The number of halogens is 2. The number of imide groups is 1. The van der Waals surface area contributed by atoms with Crippen LogP contribution in [0.4, 0.5) is 14.9 Å². The number of anilines is 1. The first-order valence-corrected chi connectivity index (χ1v) is 5.96. The Morgan fingerprint density at radius 2 is 1.95 bits per heavy atom. The Morgan fingerprint density at radius 3 is 2.53 bits per heavy atom. The fourth-order valence-corrected chi connectivity index (χ4v) is 1.61. The number of carboxylic acids is 1. The maximum Gasteiger partial charge on any atom is 0.325 e. The lowest BCUT2D eigenvalue weighted by Gasteiger charge is -2.08. The minimum absolute atomic E-state index is 0.106. The van der Waals surface area contributed by atoms with Crippen LogP contribution in [0.2, 0.25) is 0 Å². The van der Waals surface area contributed by atoms with Crippen LogP contribution in [0, 0.1) is 5.82 Å². The van der Waals surface area contributed by atoms with Crippen molar-refractivity contribution in [2.45, 2.75) is 12.8 Å². The Kier molecular flexibility index (Phi) is 5.43. The van der Waals surface area contributed by atoms with E-state index in [1.807, 2.05) is 5.32 Å². The predicted molar refractivity (Wildman–Crippen MR) is 68.1 cm³/mol. The molecule has 0 bridgehead atoms. The molecule has 8 heteroatoms. The predicted octanol–water partition coefficient (Wildman–Crippen LogP) is 2.10. The van der Waals surface area contributed by atoms with Crippen LogP contribution in [-0.2, 0) is 9.59 Å². The van der Waals surface area contributed by atoms with Gasteiger partial charge in [-0.1, -0.05) is 6.07 Å². The lowest BCUT2D eigenvalue weighted by atomic mass is 10.3. The smallest absolute Gasteiger partial charge is 0.325 e. The van der Waals surface area contributed by atoms with Gasteiger partial charge in [0.1, 0.15) is 5.82 Å². The number of aliphatic carboxylic acids is 1. The molecule has 0 aliphatic rings. The van der Waals surface area contributed by atoms with Crippen LogP contribution in [0.15, 0.2) is 22.7 Å². The zero-order valence-corrected chi connectivity index (χ0v) is 11.2. The Balaban J connectivity index is 2.56. The van der Waals surface area contributed by atoms with Crippen molar-refractivity contribution in [1.29, 1.82) is 0 Å². The molecule has 102 valence electrons. The summed E-state index contributed by atoms with van der Waals surface area (Å²) in [6, 6.07) is 3.18. The van der Waals surface area contributed by atoms with Gasteiger partial charge >= 0.3 is 12.0 Å². The molecule has 1 aromatic rings. The summed E-state index contributed by atoms with van der Waals surface area (Å²) in [6.45, 7) is 0. The molecule has 0 saturated heterocycles. The van der Waals surface area contributed by atoms with Crippen molar-refractivity contribution in [3.63, 3.8) is 0 Å². The van der Waals surface area contributed by atoms with E-state index in [4.69, 9.17) is 5.11 Å². The molecule has 0 radical (unpaired) electrons. The number of urea groups is 1. The van der Waals surface area contributed by atoms with Crippen molar-refractivity contribution in [2.24, 2.45) is 0 Å². The summed E-state index contributed by atoms with van der Waals surface area (Å²) in [7, 11) is 0. The lowest BCUT2D eigenvalue weighted by molar-refractivity contribution is -0.138. The van der Waals surface area contributed by atoms with Gasteiger partial charge in [-0.15, -0.1) is 0 Å². The molecule has 0 aliphatic carbocycles. The number of amides is 3. The zero-order valence-electron chi connectivity index (χ0n) is 9.57. The van der Waals surface area contributed by atoms with Crippen molar-refractivity contribution in [3.8, 4) is 0 Å². The molecule has 0 spiro atoms.